The van der Waals surface area contributed by atoms with Crippen LogP contribution in [0.3, 0.4) is 0 Å². The topological polar surface area (TPSA) is 135 Å². The van der Waals surface area contributed by atoms with Gasteiger partial charge in [-0.2, -0.15) is 0 Å². The van der Waals surface area contributed by atoms with Crippen molar-refractivity contribution >= 4 is 24.2 Å². The first-order valence-corrected chi connectivity index (χ1v) is 13.2. The Hall–Kier alpha value is -2.76. The SMILES string of the molecule is CC(C)(C)OC(=O)N1CCN(C(=O)CCN)CCN(C(=O)OC(C)(C)C)CCN(C(=O)OC(C)(C)C)CC1. The molecule has 1 saturated heterocycles. The number of nitrogens with zero attached hydrogens (tertiary/aromatic N) is 4. The largest absolute Gasteiger partial charge is 0.444 e. The Labute approximate surface area is 227 Å². The van der Waals surface area contributed by atoms with Gasteiger partial charge in [0.1, 0.15) is 16.8 Å². The van der Waals surface area contributed by atoms with Crippen LogP contribution >= 0.6 is 0 Å². The van der Waals surface area contributed by atoms with Crippen molar-refractivity contribution in [1.82, 2.24) is 19.6 Å². The van der Waals surface area contributed by atoms with Crippen molar-refractivity contribution in [3.63, 3.8) is 0 Å². The van der Waals surface area contributed by atoms with Crippen molar-refractivity contribution in [3.05, 3.63) is 0 Å². The molecule has 0 radical (unpaired) electrons. The minimum atomic E-state index is -0.722. The maximum atomic E-state index is 13.0. The van der Waals surface area contributed by atoms with Gasteiger partial charge < -0.3 is 39.5 Å². The summed E-state index contributed by atoms with van der Waals surface area (Å²) in [5.41, 5.74) is 3.47. The molecular formula is C26H49N5O7. The summed E-state index contributed by atoms with van der Waals surface area (Å²) in [4.78, 5) is 57.8. The van der Waals surface area contributed by atoms with Gasteiger partial charge in [0.05, 0.1) is 0 Å². The number of hydrogen-bond acceptors (Lipinski definition) is 8. The highest BCUT2D eigenvalue weighted by molar-refractivity contribution is 5.76. The number of hydrogen-bond donors (Lipinski definition) is 1. The van der Waals surface area contributed by atoms with Gasteiger partial charge in [0.15, 0.2) is 0 Å². The predicted octanol–water partition coefficient (Wildman–Crippen LogP) is 2.89. The normalized spacial score (nSPS) is 16.8. The third-order valence-corrected chi connectivity index (χ3v) is 5.23. The van der Waals surface area contributed by atoms with Crippen molar-refractivity contribution in [1.29, 1.82) is 0 Å². The second kappa shape index (κ2) is 13.9. The number of amides is 4. The molecule has 38 heavy (non-hydrogen) atoms. The number of rotatable bonds is 2. The minimum Gasteiger partial charge on any atom is -0.444 e. The monoisotopic (exact) mass is 543 g/mol. The molecule has 220 valence electrons. The van der Waals surface area contributed by atoms with Crippen LogP contribution in [0.4, 0.5) is 14.4 Å². The Bertz CT molecular complexity index is 770. The molecule has 0 saturated carbocycles. The van der Waals surface area contributed by atoms with Gasteiger partial charge in [0, 0.05) is 65.3 Å². The Kier molecular flexibility index (Phi) is 12.1. The van der Waals surface area contributed by atoms with E-state index in [1.54, 1.807) is 67.2 Å². The van der Waals surface area contributed by atoms with Crippen LogP contribution in [-0.2, 0) is 19.0 Å². The molecule has 0 atom stereocenters. The Morgan fingerprint density at radius 1 is 0.526 bits per heavy atom. The summed E-state index contributed by atoms with van der Waals surface area (Å²) in [7, 11) is 0. The molecule has 1 fully saturated rings. The Morgan fingerprint density at radius 2 is 0.763 bits per heavy atom. The molecule has 2 N–H and O–H groups in total. The molecule has 0 aliphatic carbocycles. The Balaban J connectivity index is 3.29. The summed E-state index contributed by atoms with van der Waals surface area (Å²) in [6.45, 7) is 17.5. The average Bonchev–Trinajstić information content (AvgIpc) is 2.70. The van der Waals surface area contributed by atoms with Crippen LogP contribution in [0.2, 0.25) is 0 Å². The van der Waals surface area contributed by atoms with E-state index in [-0.39, 0.29) is 71.2 Å². The lowest BCUT2D eigenvalue weighted by Gasteiger charge is -2.35. The van der Waals surface area contributed by atoms with E-state index < -0.39 is 35.1 Å². The van der Waals surface area contributed by atoms with E-state index in [4.69, 9.17) is 19.9 Å². The standard InChI is InChI=1S/C26H49N5O7/c1-24(2,3)36-21(33)29-14-12-28(20(32)10-11-27)13-15-30(22(34)37-25(4,5)6)17-19-31(18-16-29)23(35)38-26(7,8)9/h10-19,27H2,1-9H3. The van der Waals surface area contributed by atoms with Gasteiger partial charge in [0.2, 0.25) is 5.91 Å². The van der Waals surface area contributed by atoms with Crippen LogP contribution in [-0.4, -0.2) is 119 Å². The van der Waals surface area contributed by atoms with E-state index >= 15 is 0 Å². The molecule has 1 heterocycles. The molecule has 1 rings (SSSR count). The van der Waals surface area contributed by atoms with Gasteiger partial charge in [0.25, 0.3) is 0 Å². The molecule has 1 aliphatic rings. The third-order valence-electron chi connectivity index (χ3n) is 5.23. The average molecular weight is 544 g/mol. The second-order valence-electron chi connectivity index (χ2n) is 12.3. The molecule has 12 heteroatoms. The molecule has 0 spiro atoms. The van der Waals surface area contributed by atoms with Gasteiger partial charge in [-0.3, -0.25) is 4.79 Å². The lowest BCUT2D eigenvalue weighted by atomic mass is 10.2. The summed E-state index contributed by atoms with van der Waals surface area (Å²) < 4.78 is 16.7. The molecule has 12 nitrogen and oxygen atoms in total. The summed E-state index contributed by atoms with van der Waals surface area (Å²) >= 11 is 0. The Morgan fingerprint density at radius 3 is 0.974 bits per heavy atom. The van der Waals surface area contributed by atoms with Crippen molar-refractivity contribution in [2.24, 2.45) is 5.73 Å². The summed E-state index contributed by atoms with van der Waals surface area (Å²) in [6, 6.07) is 0. The highest BCUT2D eigenvalue weighted by Gasteiger charge is 2.30. The quantitative estimate of drug-likeness (QED) is 0.525. The molecule has 0 bridgehead atoms. The van der Waals surface area contributed by atoms with Crippen molar-refractivity contribution < 1.29 is 33.4 Å². The van der Waals surface area contributed by atoms with Gasteiger partial charge in [-0.25, -0.2) is 14.4 Å². The van der Waals surface area contributed by atoms with Gasteiger partial charge in [-0.1, -0.05) is 0 Å². The fraction of sp³-hybridized carbons (Fsp3) is 0.846. The molecule has 4 amide bonds. The lowest BCUT2D eigenvalue weighted by Crippen LogP contribution is -2.52. The molecule has 0 aromatic carbocycles. The number of carbonyl (C=O) groups excluding carboxylic acids is 4. The zero-order valence-electron chi connectivity index (χ0n) is 24.8. The van der Waals surface area contributed by atoms with Gasteiger partial charge in [-0.15, -0.1) is 0 Å². The molecule has 0 aromatic heterocycles. The first-order chi connectivity index (χ1) is 17.3. The summed E-state index contributed by atoms with van der Waals surface area (Å²) in [5.74, 6) is -0.173. The molecule has 1 aliphatic heterocycles. The van der Waals surface area contributed by atoms with Crippen molar-refractivity contribution in [3.8, 4) is 0 Å². The highest BCUT2D eigenvalue weighted by Crippen LogP contribution is 2.15. The zero-order chi connectivity index (χ0) is 29.3. The fourth-order valence-electron chi connectivity index (χ4n) is 3.47. The maximum absolute atomic E-state index is 13.0. The van der Waals surface area contributed by atoms with Gasteiger partial charge >= 0.3 is 18.3 Å². The van der Waals surface area contributed by atoms with Crippen LogP contribution in [0.5, 0.6) is 0 Å². The predicted molar refractivity (Wildman–Crippen MR) is 144 cm³/mol. The third kappa shape index (κ3) is 13.2. The summed E-state index contributed by atoms with van der Waals surface area (Å²) in [6.07, 6.45) is -1.49. The van der Waals surface area contributed by atoms with Gasteiger partial charge in [-0.05, 0) is 62.3 Å². The van der Waals surface area contributed by atoms with Crippen molar-refractivity contribution in [2.75, 3.05) is 58.9 Å². The van der Waals surface area contributed by atoms with E-state index in [1.165, 1.54) is 14.7 Å². The van der Waals surface area contributed by atoms with Crippen LogP contribution in [0.1, 0.15) is 68.7 Å². The van der Waals surface area contributed by atoms with Crippen LogP contribution in [0.25, 0.3) is 0 Å². The number of carbonyl (C=O) groups is 4. The highest BCUT2D eigenvalue weighted by atomic mass is 16.6. The fourth-order valence-corrected chi connectivity index (χ4v) is 3.47. The van der Waals surface area contributed by atoms with Crippen LogP contribution in [0, 0.1) is 0 Å². The number of ether oxygens (including phenoxy) is 3. The minimum absolute atomic E-state index is 0.144. The van der Waals surface area contributed by atoms with E-state index in [2.05, 4.69) is 0 Å². The van der Waals surface area contributed by atoms with E-state index in [0.717, 1.165) is 0 Å². The van der Waals surface area contributed by atoms with E-state index in [9.17, 15) is 19.2 Å². The van der Waals surface area contributed by atoms with E-state index in [1.807, 2.05) is 0 Å². The number of nitrogens with two attached hydrogens (primary N) is 1. The molecular weight excluding hydrogens is 494 g/mol. The van der Waals surface area contributed by atoms with Crippen LogP contribution < -0.4 is 5.73 Å². The zero-order valence-corrected chi connectivity index (χ0v) is 24.8. The lowest BCUT2D eigenvalue weighted by molar-refractivity contribution is -0.131. The van der Waals surface area contributed by atoms with Crippen LogP contribution in [0.15, 0.2) is 0 Å². The van der Waals surface area contributed by atoms with E-state index in [0.29, 0.717) is 0 Å². The molecule has 0 aromatic rings. The first-order valence-electron chi connectivity index (χ1n) is 13.2. The molecule has 0 unspecified atom stereocenters. The smallest absolute Gasteiger partial charge is 0.410 e. The van der Waals surface area contributed by atoms with Crippen molar-refractivity contribution in [2.45, 2.75) is 85.5 Å². The summed E-state index contributed by atoms with van der Waals surface area (Å²) in [5, 5.41) is 0. The second-order valence-corrected chi connectivity index (χ2v) is 12.3. The first kappa shape index (κ1) is 33.3. The maximum Gasteiger partial charge on any atom is 0.410 e.